The van der Waals surface area contributed by atoms with Crippen molar-refractivity contribution in [1.29, 1.82) is 0 Å². The lowest BCUT2D eigenvalue weighted by Crippen LogP contribution is -2.06. The van der Waals surface area contributed by atoms with E-state index in [4.69, 9.17) is 0 Å². The third kappa shape index (κ3) is 4.24. The minimum Gasteiger partial charge on any atom is -0.300 e. The molecule has 0 bridgehead atoms. The molecule has 0 spiro atoms. The number of carbonyl (C=O) groups excluding carboxylic acids is 1. The minimum atomic E-state index is -1.30. The predicted molar refractivity (Wildman–Crippen MR) is 34.0 cm³/mol. The van der Waals surface area contributed by atoms with Gasteiger partial charge in [0.2, 0.25) is 0 Å². The van der Waals surface area contributed by atoms with E-state index in [1.807, 2.05) is 0 Å². The van der Waals surface area contributed by atoms with E-state index in [1.54, 1.807) is 6.92 Å². The number of alkyl halides is 2. The first-order valence-corrected chi connectivity index (χ1v) is 3.31. The van der Waals surface area contributed by atoms with Crippen LogP contribution in [0.2, 0.25) is 0 Å². The van der Waals surface area contributed by atoms with Gasteiger partial charge in [-0.1, -0.05) is 22.9 Å². The van der Waals surface area contributed by atoms with Gasteiger partial charge in [0.15, 0.2) is 12.5 Å². The second-order valence-electron chi connectivity index (χ2n) is 1.67. The summed E-state index contributed by atoms with van der Waals surface area (Å²) in [7, 11) is 0. The molecule has 48 valence electrons. The Hall–Kier alpha value is 0.0800. The monoisotopic (exact) mass is 182 g/mol. The van der Waals surface area contributed by atoms with Crippen molar-refractivity contribution in [1.82, 2.24) is 0 Å². The summed E-state index contributed by atoms with van der Waals surface area (Å²) in [6.45, 7) is 1.80. The molecule has 0 aromatic carbocycles. The van der Waals surface area contributed by atoms with Crippen molar-refractivity contribution in [3.8, 4) is 0 Å². The Morgan fingerprint density at radius 3 is 2.50 bits per heavy atom. The maximum Gasteiger partial charge on any atom is 0.156 e. The zero-order chi connectivity index (χ0) is 6.57. The summed E-state index contributed by atoms with van der Waals surface area (Å²) in [6, 6.07) is 0. The molecule has 0 heterocycles. The van der Waals surface area contributed by atoms with Crippen molar-refractivity contribution in [3.63, 3.8) is 0 Å². The topological polar surface area (TPSA) is 17.1 Å². The molecule has 0 aliphatic rings. The van der Waals surface area contributed by atoms with Gasteiger partial charge in [-0.15, -0.1) is 0 Å². The lowest BCUT2D eigenvalue weighted by atomic mass is 10.2. The first-order valence-electron chi connectivity index (χ1n) is 2.40. The van der Waals surface area contributed by atoms with Crippen molar-refractivity contribution >= 4 is 22.2 Å². The Morgan fingerprint density at radius 1 is 1.88 bits per heavy atom. The van der Waals surface area contributed by atoms with Crippen LogP contribution in [-0.2, 0) is 4.79 Å². The standard InChI is InChI=1S/C5H8BrFO/c1-4(6)2-5(7)3-8/h3-5H,2H2,1H3/t4-,5?/m0/s1. The number of aldehydes is 1. The summed E-state index contributed by atoms with van der Waals surface area (Å²) < 4.78 is 12.0. The van der Waals surface area contributed by atoms with E-state index in [0.29, 0.717) is 6.29 Å². The highest BCUT2D eigenvalue weighted by atomic mass is 79.9. The Balaban J connectivity index is 3.23. The predicted octanol–water partition coefficient (Wildman–Crippen LogP) is 1.70. The van der Waals surface area contributed by atoms with Gasteiger partial charge in [0.1, 0.15) is 0 Å². The van der Waals surface area contributed by atoms with E-state index < -0.39 is 6.17 Å². The smallest absolute Gasteiger partial charge is 0.156 e. The fourth-order valence-corrected chi connectivity index (χ4v) is 0.723. The molecule has 0 saturated carbocycles. The van der Waals surface area contributed by atoms with Crippen LogP contribution in [0.1, 0.15) is 13.3 Å². The Labute approximate surface area is 56.4 Å². The van der Waals surface area contributed by atoms with Gasteiger partial charge in [0, 0.05) is 4.83 Å². The number of rotatable bonds is 3. The quantitative estimate of drug-likeness (QED) is 0.480. The molecule has 1 nitrogen and oxygen atoms in total. The minimum absolute atomic E-state index is 0.0858. The summed E-state index contributed by atoms with van der Waals surface area (Å²) >= 11 is 3.12. The summed E-state index contributed by atoms with van der Waals surface area (Å²) in [5.74, 6) is 0. The summed E-state index contributed by atoms with van der Waals surface area (Å²) in [5.41, 5.74) is 0. The molecule has 1 unspecified atom stereocenters. The van der Waals surface area contributed by atoms with Crippen LogP contribution in [0, 0.1) is 0 Å². The third-order valence-electron chi connectivity index (χ3n) is 0.698. The fourth-order valence-electron chi connectivity index (χ4n) is 0.366. The number of hydrogen-bond donors (Lipinski definition) is 0. The van der Waals surface area contributed by atoms with Crippen LogP contribution in [0.5, 0.6) is 0 Å². The van der Waals surface area contributed by atoms with E-state index >= 15 is 0 Å². The van der Waals surface area contributed by atoms with Crippen LogP contribution in [0.25, 0.3) is 0 Å². The van der Waals surface area contributed by atoms with E-state index in [2.05, 4.69) is 15.9 Å². The molecule has 0 N–H and O–H groups in total. The average molecular weight is 183 g/mol. The molecule has 0 radical (unpaired) electrons. The zero-order valence-electron chi connectivity index (χ0n) is 4.60. The van der Waals surface area contributed by atoms with Gasteiger partial charge < -0.3 is 4.79 Å². The molecular formula is C5H8BrFO. The van der Waals surface area contributed by atoms with Crippen LogP contribution in [0.3, 0.4) is 0 Å². The van der Waals surface area contributed by atoms with Crippen LogP contribution in [-0.4, -0.2) is 17.3 Å². The van der Waals surface area contributed by atoms with Crippen molar-refractivity contribution < 1.29 is 9.18 Å². The van der Waals surface area contributed by atoms with Crippen LogP contribution in [0.15, 0.2) is 0 Å². The highest BCUT2D eigenvalue weighted by molar-refractivity contribution is 9.09. The SMILES string of the molecule is C[C@H](Br)CC(F)C=O. The molecule has 0 saturated heterocycles. The average Bonchev–Trinajstić information content (AvgIpc) is 1.65. The molecule has 3 heteroatoms. The number of carbonyl (C=O) groups is 1. The molecule has 0 fully saturated rings. The number of halogens is 2. The van der Waals surface area contributed by atoms with E-state index in [0.717, 1.165) is 0 Å². The molecule has 0 amide bonds. The Morgan fingerprint density at radius 2 is 2.38 bits per heavy atom. The molecule has 0 aliphatic heterocycles. The van der Waals surface area contributed by atoms with Crippen molar-refractivity contribution in [2.45, 2.75) is 24.3 Å². The van der Waals surface area contributed by atoms with Gasteiger partial charge >= 0.3 is 0 Å². The lowest BCUT2D eigenvalue weighted by Gasteiger charge is -1.99. The molecule has 8 heavy (non-hydrogen) atoms. The van der Waals surface area contributed by atoms with Crippen molar-refractivity contribution in [2.24, 2.45) is 0 Å². The number of hydrogen-bond acceptors (Lipinski definition) is 1. The molecule has 0 aromatic rings. The van der Waals surface area contributed by atoms with Gasteiger partial charge in [-0.05, 0) is 6.42 Å². The fraction of sp³-hybridized carbons (Fsp3) is 0.800. The van der Waals surface area contributed by atoms with E-state index in [1.165, 1.54) is 0 Å². The maximum absolute atomic E-state index is 12.0. The molecule has 2 atom stereocenters. The molecule has 0 aliphatic carbocycles. The van der Waals surface area contributed by atoms with E-state index in [-0.39, 0.29) is 11.2 Å². The van der Waals surface area contributed by atoms with Crippen LogP contribution >= 0.6 is 15.9 Å². The van der Waals surface area contributed by atoms with Gasteiger partial charge in [-0.3, -0.25) is 0 Å². The Bertz CT molecular complexity index is 74.8. The summed E-state index contributed by atoms with van der Waals surface area (Å²) in [6.07, 6.45) is -0.717. The molecular weight excluding hydrogens is 175 g/mol. The van der Waals surface area contributed by atoms with Crippen LogP contribution < -0.4 is 0 Å². The second-order valence-corrected chi connectivity index (χ2v) is 3.23. The first kappa shape index (κ1) is 8.08. The van der Waals surface area contributed by atoms with Crippen LogP contribution in [0.4, 0.5) is 4.39 Å². The molecule has 0 aromatic heterocycles. The zero-order valence-corrected chi connectivity index (χ0v) is 6.19. The van der Waals surface area contributed by atoms with Gasteiger partial charge in [-0.2, -0.15) is 0 Å². The first-order chi connectivity index (χ1) is 3.66. The second kappa shape index (κ2) is 4.01. The normalized spacial score (nSPS) is 17.4. The summed E-state index contributed by atoms with van der Waals surface area (Å²) in [4.78, 5) is 9.73. The highest BCUT2D eigenvalue weighted by Gasteiger charge is 2.06. The van der Waals surface area contributed by atoms with E-state index in [9.17, 15) is 9.18 Å². The van der Waals surface area contributed by atoms with Gasteiger partial charge in [0.25, 0.3) is 0 Å². The molecule has 0 rings (SSSR count). The maximum atomic E-state index is 12.0. The van der Waals surface area contributed by atoms with Crippen molar-refractivity contribution in [3.05, 3.63) is 0 Å². The highest BCUT2D eigenvalue weighted by Crippen LogP contribution is 2.07. The van der Waals surface area contributed by atoms with Gasteiger partial charge in [0.05, 0.1) is 0 Å². The third-order valence-corrected chi connectivity index (χ3v) is 1.07. The summed E-state index contributed by atoms with van der Waals surface area (Å²) in [5, 5.41) is 0. The lowest BCUT2D eigenvalue weighted by molar-refractivity contribution is -0.112. The Kier molecular flexibility index (Phi) is 4.05. The van der Waals surface area contributed by atoms with Gasteiger partial charge in [-0.25, -0.2) is 4.39 Å². The van der Waals surface area contributed by atoms with Crippen molar-refractivity contribution in [2.75, 3.05) is 0 Å². The largest absolute Gasteiger partial charge is 0.300 e.